The predicted molar refractivity (Wildman–Crippen MR) is 53.0 cm³/mol. The van der Waals surface area contributed by atoms with Crippen molar-refractivity contribution in [3.05, 3.63) is 22.0 Å². The quantitative estimate of drug-likeness (QED) is 0.555. The highest BCUT2D eigenvalue weighted by Gasteiger charge is 2.08. The van der Waals surface area contributed by atoms with E-state index in [2.05, 4.69) is 0 Å². The summed E-state index contributed by atoms with van der Waals surface area (Å²) in [4.78, 5) is 11.2. The molecule has 0 fully saturated rings. The Morgan fingerprint density at radius 3 is 2.62 bits per heavy atom. The third kappa shape index (κ3) is 4.38. The van der Waals surface area contributed by atoms with E-state index in [0.717, 1.165) is 18.2 Å². The van der Waals surface area contributed by atoms with Crippen LogP contribution in [-0.4, -0.2) is 11.1 Å². The minimum Gasteiger partial charge on any atom is -0.477 e. The molecule has 13 heavy (non-hydrogen) atoms. The number of hydrogen-bond acceptors (Lipinski definition) is 3. The van der Waals surface area contributed by atoms with Gasteiger partial charge in [0.05, 0.1) is 9.81 Å². The molecule has 70 valence electrons. The second-order valence-corrected chi connectivity index (χ2v) is 3.23. The molecule has 3 nitrogen and oxygen atoms in total. The van der Waals surface area contributed by atoms with Gasteiger partial charge < -0.3 is 5.11 Å². The molecule has 0 aromatic heterocycles. The Bertz CT molecular complexity index is 286. The molecule has 0 saturated carbocycles. The van der Waals surface area contributed by atoms with E-state index in [1.54, 1.807) is 13.0 Å². The second kappa shape index (κ2) is 6.32. The second-order valence-electron chi connectivity index (χ2n) is 2.15. The molecule has 4 heteroatoms. The van der Waals surface area contributed by atoms with Crippen LogP contribution in [0.15, 0.2) is 22.0 Å². The highest BCUT2D eigenvalue weighted by molar-refractivity contribution is 8.07. The highest BCUT2D eigenvalue weighted by atomic mass is 32.2. The van der Waals surface area contributed by atoms with E-state index in [-0.39, 0.29) is 4.91 Å². The van der Waals surface area contributed by atoms with Crippen molar-refractivity contribution in [1.29, 1.82) is 5.26 Å². The molecule has 0 atom stereocenters. The van der Waals surface area contributed by atoms with Crippen molar-refractivity contribution in [3.63, 3.8) is 0 Å². The summed E-state index contributed by atoms with van der Waals surface area (Å²) in [5, 5.41) is 17.3. The number of thioether (sulfide) groups is 1. The number of nitriles is 1. The summed E-state index contributed by atoms with van der Waals surface area (Å²) in [6.07, 6.45) is 3.91. The lowest BCUT2D eigenvalue weighted by molar-refractivity contribution is -0.131. The Labute approximate surface area is 81.8 Å². The zero-order valence-corrected chi connectivity index (χ0v) is 8.39. The number of allylic oxidation sites excluding steroid dienone is 3. The van der Waals surface area contributed by atoms with Crippen LogP contribution in [0, 0.1) is 11.3 Å². The lowest BCUT2D eigenvalue weighted by Gasteiger charge is -1.98. The first-order chi connectivity index (χ1) is 6.15. The number of aliphatic carboxylic acids is 1. The van der Waals surface area contributed by atoms with E-state index >= 15 is 0 Å². The van der Waals surface area contributed by atoms with Crippen molar-refractivity contribution in [1.82, 2.24) is 0 Å². The molecule has 0 radical (unpaired) electrons. The van der Waals surface area contributed by atoms with Gasteiger partial charge in [0.25, 0.3) is 0 Å². The highest BCUT2D eigenvalue weighted by Crippen LogP contribution is 2.24. The molecule has 0 heterocycles. The van der Waals surface area contributed by atoms with Gasteiger partial charge in [0.2, 0.25) is 0 Å². The summed E-state index contributed by atoms with van der Waals surface area (Å²) in [5.41, 5.74) is 0. The van der Waals surface area contributed by atoms with Gasteiger partial charge in [-0.15, -0.1) is 0 Å². The monoisotopic (exact) mass is 197 g/mol. The molecule has 0 saturated heterocycles. The third-order valence-corrected chi connectivity index (χ3v) is 2.30. The summed E-state index contributed by atoms with van der Waals surface area (Å²) in [7, 11) is 0. The Morgan fingerprint density at radius 2 is 2.31 bits per heavy atom. The molecule has 0 aromatic carbocycles. The first-order valence-corrected chi connectivity index (χ1v) is 4.65. The van der Waals surface area contributed by atoms with Crippen molar-refractivity contribution in [3.8, 4) is 6.07 Å². The fourth-order valence-electron chi connectivity index (χ4n) is 0.640. The van der Waals surface area contributed by atoms with Crippen LogP contribution in [0.5, 0.6) is 0 Å². The average molecular weight is 197 g/mol. The molecule has 0 aliphatic heterocycles. The molecular weight excluding hydrogens is 186 g/mol. The number of carbonyl (C=O) groups is 1. The minimum atomic E-state index is -0.996. The maximum Gasteiger partial charge on any atom is 0.342 e. The van der Waals surface area contributed by atoms with Gasteiger partial charge in [0, 0.05) is 0 Å². The fraction of sp³-hybridized carbons (Fsp3) is 0.333. The fourth-order valence-corrected chi connectivity index (χ4v) is 1.38. The van der Waals surface area contributed by atoms with Crippen molar-refractivity contribution in [2.24, 2.45) is 0 Å². The summed E-state index contributed by atoms with van der Waals surface area (Å²) in [6, 6.07) is 1.94. The van der Waals surface area contributed by atoms with Crippen LogP contribution in [0.25, 0.3) is 0 Å². The Balaban J connectivity index is 4.51. The van der Waals surface area contributed by atoms with E-state index in [1.165, 1.54) is 6.08 Å². The van der Waals surface area contributed by atoms with Gasteiger partial charge in [0.15, 0.2) is 0 Å². The summed E-state index contributed by atoms with van der Waals surface area (Å²) < 4.78 is 0. The molecule has 0 aromatic rings. The Kier molecular flexibility index (Phi) is 5.73. The first kappa shape index (κ1) is 11.8. The number of carboxylic acid groups (broad SMARTS) is 1. The van der Waals surface area contributed by atoms with E-state index < -0.39 is 5.97 Å². The van der Waals surface area contributed by atoms with Crippen molar-refractivity contribution in [2.75, 3.05) is 0 Å². The molecule has 0 rings (SSSR count). The smallest absolute Gasteiger partial charge is 0.342 e. The zero-order chi connectivity index (χ0) is 10.3. The lowest BCUT2D eigenvalue weighted by Crippen LogP contribution is -1.96. The largest absolute Gasteiger partial charge is 0.477 e. The molecule has 0 aliphatic carbocycles. The van der Waals surface area contributed by atoms with Gasteiger partial charge in [0.1, 0.15) is 6.07 Å². The maximum atomic E-state index is 10.6. The van der Waals surface area contributed by atoms with Crippen LogP contribution in [0.2, 0.25) is 0 Å². The molecule has 1 N–H and O–H groups in total. The number of rotatable bonds is 4. The number of carboxylic acids is 1. The van der Waals surface area contributed by atoms with E-state index in [9.17, 15) is 4.79 Å². The molecule has 0 bridgehead atoms. The van der Waals surface area contributed by atoms with Gasteiger partial charge in [-0.25, -0.2) is 4.79 Å². The third-order valence-electron chi connectivity index (χ3n) is 1.19. The Morgan fingerprint density at radius 1 is 1.69 bits per heavy atom. The van der Waals surface area contributed by atoms with Crippen LogP contribution in [-0.2, 0) is 4.79 Å². The van der Waals surface area contributed by atoms with Crippen LogP contribution in [0.4, 0.5) is 0 Å². The molecular formula is C9H11NO2S. The van der Waals surface area contributed by atoms with E-state index in [0.29, 0.717) is 4.91 Å². The van der Waals surface area contributed by atoms with Gasteiger partial charge in [-0.05, 0) is 13.3 Å². The van der Waals surface area contributed by atoms with Crippen molar-refractivity contribution < 1.29 is 9.90 Å². The molecule has 0 aliphatic rings. The number of nitrogens with zero attached hydrogens (tertiary/aromatic N) is 1. The summed E-state index contributed by atoms with van der Waals surface area (Å²) in [5.74, 6) is -0.996. The molecule has 0 spiro atoms. The van der Waals surface area contributed by atoms with Crippen LogP contribution in [0.3, 0.4) is 0 Å². The SMILES string of the molecule is C/C=C(\S/C(C#N)=C/CC)C(=O)O. The summed E-state index contributed by atoms with van der Waals surface area (Å²) in [6.45, 7) is 3.53. The normalized spacial score (nSPS) is 12.4. The van der Waals surface area contributed by atoms with Crippen molar-refractivity contribution in [2.45, 2.75) is 20.3 Å². The van der Waals surface area contributed by atoms with Crippen LogP contribution >= 0.6 is 11.8 Å². The first-order valence-electron chi connectivity index (χ1n) is 3.83. The standard InChI is InChI=1S/C9H11NO2S/c1-3-5-7(6-10)13-8(4-2)9(11)12/h4-5H,3H2,1-2H3,(H,11,12)/b7-5+,8-4-. The number of hydrogen-bond donors (Lipinski definition) is 1. The summed E-state index contributed by atoms with van der Waals surface area (Å²) >= 11 is 0.984. The van der Waals surface area contributed by atoms with Crippen molar-refractivity contribution >= 4 is 17.7 Å². The Hall–Kier alpha value is -1.21. The van der Waals surface area contributed by atoms with Crippen LogP contribution in [0.1, 0.15) is 20.3 Å². The van der Waals surface area contributed by atoms with Gasteiger partial charge in [-0.1, -0.05) is 30.8 Å². The molecule has 0 amide bonds. The maximum absolute atomic E-state index is 10.6. The lowest BCUT2D eigenvalue weighted by atomic mass is 10.4. The average Bonchev–Trinajstić information content (AvgIpc) is 2.11. The molecule has 0 unspecified atom stereocenters. The van der Waals surface area contributed by atoms with E-state index in [4.69, 9.17) is 10.4 Å². The van der Waals surface area contributed by atoms with Crippen LogP contribution < -0.4 is 0 Å². The minimum absolute atomic E-state index is 0.182. The van der Waals surface area contributed by atoms with E-state index in [1.807, 2.05) is 13.0 Å². The predicted octanol–water partition coefficient (Wildman–Crippen LogP) is 2.53. The topological polar surface area (TPSA) is 61.1 Å². The zero-order valence-electron chi connectivity index (χ0n) is 7.57. The van der Waals surface area contributed by atoms with Gasteiger partial charge >= 0.3 is 5.97 Å². The van der Waals surface area contributed by atoms with Gasteiger partial charge in [-0.3, -0.25) is 0 Å². The van der Waals surface area contributed by atoms with Gasteiger partial charge in [-0.2, -0.15) is 5.26 Å².